The van der Waals surface area contributed by atoms with Crippen molar-refractivity contribution in [3.05, 3.63) is 0 Å². The van der Waals surface area contributed by atoms with E-state index in [4.69, 9.17) is 5.11 Å². The topological polar surface area (TPSA) is 32.3 Å². The molecule has 0 aromatic rings. The van der Waals surface area contributed by atoms with Crippen LogP contribution in [0.15, 0.2) is 0 Å². The van der Waals surface area contributed by atoms with Crippen LogP contribution in [-0.4, -0.2) is 23.8 Å². The number of nitrogens with one attached hydrogen (secondary N) is 1. The predicted molar refractivity (Wildman–Crippen MR) is 37.3 cm³/mol. The smallest absolute Gasteiger partial charge is 0.0584 e. The molecule has 1 saturated heterocycles. The van der Waals surface area contributed by atoms with Crippen molar-refractivity contribution in [3.63, 3.8) is 0 Å². The second-order valence-corrected chi connectivity index (χ2v) is 2.88. The van der Waals surface area contributed by atoms with Crippen LogP contribution >= 0.6 is 0 Å². The molecule has 0 aromatic heterocycles. The molecule has 0 aromatic carbocycles. The maximum atomic E-state index is 8.75. The second kappa shape index (κ2) is 3.18. The Hall–Kier alpha value is -0.0800. The quantitative estimate of drug-likeness (QED) is 0.540. The minimum absolute atomic E-state index is 0.296. The zero-order chi connectivity index (χ0) is 6.69. The number of piperidine rings is 1. The Bertz CT molecular complexity index is 85.0. The first kappa shape index (κ1) is 7.03. The first-order chi connectivity index (χ1) is 4.33. The van der Waals surface area contributed by atoms with Crippen LogP contribution in [0.3, 0.4) is 0 Å². The Morgan fingerprint density at radius 3 is 2.78 bits per heavy atom. The molecular weight excluding hydrogens is 114 g/mol. The standard InChI is InChI=1S/C7H15NO/c1-6-3-2-4-7(5-9)8-6/h6-9H,2-5H2,1H3/t6-,7-/m1/s1. The summed E-state index contributed by atoms with van der Waals surface area (Å²) in [4.78, 5) is 0. The maximum absolute atomic E-state index is 8.75. The largest absolute Gasteiger partial charge is 0.395 e. The highest BCUT2D eigenvalue weighted by Crippen LogP contribution is 2.10. The van der Waals surface area contributed by atoms with Crippen LogP contribution in [0.4, 0.5) is 0 Å². The van der Waals surface area contributed by atoms with E-state index in [1.54, 1.807) is 0 Å². The molecule has 2 nitrogen and oxygen atoms in total. The average Bonchev–Trinajstić information content (AvgIpc) is 1.88. The van der Waals surface area contributed by atoms with Gasteiger partial charge in [0.25, 0.3) is 0 Å². The summed E-state index contributed by atoms with van der Waals surface area (Å²) in [5.41, 5.74) is 0. The van der Waals surface area contributed by atoms with E-state index in [9.17, 15) is 0 Å². The van der Waals surface area contributed by atoms with E-state index in [1.165, 1.54) is 12.8 Å². The lowest BCUT2D eigenvalue weighted by molar-refractivity contribution is 0.202. The van der Waals surface area contributed by atoms with Crippen molar-refractivity contribution in [1.29, 1.82) is 0 Å². The highest BCUT2D eigenvalue weighted by atomic mass is 16.3. The van der Waals surface area contributed by atoms with Crippen LogP contribution in [-0.2, 0) is 0 Å². The molecule has 2 heteroatoms. The number of aliphatic hydroxyl groups excluding tert-OH is 1. The molecule has 2 atom stereocenters. The maximum Gasteiger partial charge on any atom is 0.0584 e. The molecule has 1 heterocycles. The third-order valence-corrected chi connectivity index (χ3v) is 1.93. The number of hydrogen-bond donors (Lipinski definition) is 2. The van der Waals surface area contributed by atoms with Crippen molar-refractivity contribution in [2.24, 2.45) is 0 Å². The van der Waals surface area contributed by atoms with Gasteiger partial charge in [-0.3, -0.25) is 0 Å². The lowest BCUT2D eigenvalue weighted by atomic mass is 10.0. The van der Waals surface area contributed by atoms with Crippen LogP contribution < -0.4 is 5.32 Å². The minimum Gasteiger partial charge on any atom is -0.395 e. The van der Waals surface area contributed by atoms with E-state index in [1.807, 2.05) is 0 Å². The van der Waals surface area contributed by atoms with Crippen molar-refractivity contribution in [2.45, 2.75) is 38.3 Å². The van der Waals surface area contributed by atoms with Crippen LogP contribution in [0.2, 0.25) is 0 Å². The van der Waals surface area contributed by atoms with Crippen molar-refractivity contribution in [2.75, 3.05) is 6.61 Å². The van der Waals surface area contributed by atoms with E-state index in [0.29, 0.717) is 18.7 Å². The van der Waals surface area contributed by atoms with Gasteiger partial charge in [-0.15, -0.1) is 0 Å². The second-order valence-electron chi connectivity index (χ2n) is 2.88. The Morgan fingerprint density at radius 2 is 2.33 bits per heavy atom. The molecule has 1 aliphatic rings. The first-order valence-electron chi connectivity index (χ1n) is 3.70. The summed E-state index contributed by atoms with van der Waals surface area (Å²) >= 11 is 0. The minimum atomic E-state index is 0.296. The number of hydrogen-bond acceptors (Lipinski definition) is 2. The number of aliphatic hydroxyl groups is 1. The molecule has 0 unspecified atom stereocenters. The Balaban J connectivity index is 2.23. The van der Waals surface area contributed by atoms with E-state index in [-0.39, 0.29) is 0 Å². The fourth-order valence-corrected chi connectivity index (χ4v) is 1.38. The SMILES string of the molecule is C[C@@H]1CCC[C@H](CO)N1. The lowest BCUT2D eigenvalue weighted by Gasteiger charge is -2.26. The highest BCUT2D eigenvalue weighted by molar-refractivity contribution is 4.76. The van der Waals surface area contributed by atoms with Gasteiger partial charge in [0.05, 0.1) is 6.61 Å². The summed E-state index contributed by atoms with van der Waals surface area (Å²) in [6.45, 7) is 2.46. The molecule has 0 spiro atoms. The normalized spacial score (nSPS) is 36.7. The van der Waals surface area contributed by atoms with E-state index in [0.717, 1.165) is 6.42 Å². The third kappa shape index (κ3) is 1.95. The van der Waals surface area contributed by atoms with Gasteiger partial charge in [-0.05, 0) is 19.8 Å². The van der Waals surface area contributed by atoms with Gasteiger partial charge in [-0.2, -0.15) is 0 Å². The predicted octanol–water partition coefficient (Wildman–Crippen LogP) is 0.509. The van der Waals surface area contributed by atoms with E-state index < -0.39 is 0 Å². The molecular formula is C7H15NO. The van der Waals surface area contributed by atoms with Crippen LogP contribution in [0.1, 0.15) is 26.2 Å². The van der Waals surface area contributed by atoms with Gasteiger partial charge < -0.3 is 10.4 Å². The van der Waals surface area contributed by atoms with Gasteiger partial charge in [-0.1, -0.05) is 6.42 Å². The average molecular weight is 129 g/mol. The first-order valence-corrected chi connectivity index (χ1v) is 3.70. The molecule has 0 radical (unpaired) electrons. The molecule has 1 aliphatic heterocycles. The van der Waals surface area contributed by atoms with E-state index in [2.05, 4.69) is 12.2 Å². The van der Waals surface area contributed by atoms with Gasteiger partial charge in [-0.25, -0.2) is 0 Å². The molecule has 0 amide bonds. The summed E-state index contributed by atoms with van der Waals surface area (Å²) in [6, 6.07) is 0.977. The molecule has 2 N–H and O–H groups in total. The van der Waals surface area contributed by atoms with Gasteiger partial charge in [0.15, 0.2) is 0 Å². The Morgan fingerprint density at radius 1 is 1.56 bits per heavy atom. The summed E-state index contributed by atoms with van der Waals surface area (Å²) in [6.07, 6.45) is 3.66. The molecule has 0 saturated carbocycles. The van der Waals surface area contributed by atoms with Gasteiger partial charge in [0, 0.05) is 12.1 Å². The van der Waals surface area contributed by atoms with Crippen molar-refractivity contribution >= 4 is 0 Å². The van der Waals surface area contributed by atoms with Gasteiger partial charge in [0.1, 0.15) is 0 Å². The summed E-state index contributed by atoms with van der Waals surface area (Å²) in [5.74, 6) is 0. The fraction of sp³-hybridized carbons (Fsp3) is 1.00. The zero-order valence-electron chi connectivity index (χ0n) is 5.93. The van der Waals surface area contributed by atoms with Gasteiger partial charge >= 0.3 is 0 Å². The Kier molecular flexibility index (Phi) is 2.49. The zero-order valence-corrected chi connectivity index (χ0v) is 5.93. The highest BCUT2D eigenvalue weighted by Gasteiger charge is 2.15. The summed E-state index contributed by atoms with van der Waals surface area (Å²) in [5, 5.41) is 12.1. The molecule has 1 rings (SSSR count). The number of rotatable bonds is 1. The van der Waals surface area contributed by atoms with Crippen LogP contribution in [0.5, 0.6) is 0 Å². The monoisotopic (exact) mass is 129 g/mol. The fourth-order valence-electron chi connectivity index (χ4n) is 1.38. The Labute approximate surface area is 56.3 Å². The van der Waals surface area contributed by atoms with Crippen LogP contribution in [0.25, 0.3) is 0 Å². The lowest BCUT2D eigenvalue weighted by Crippen LogP contribution is -2.42. The molecule has 0 bridgehead atoms. The molecule has 1 fully saturated rings. The van der Waals surface area contributed by atoms with Crippen molar-refractivity contribution in [3.8, 4) is 0 Å². The third-order valence-electron chi connectivity index (χ3n) is 1.93. The molecule has 0 aliphatic carbocycles. The summed E-state index contributed by atoms with van der Waals surface area (Å²) < 4.78 is 0. The molecule has 9 heavy (non-hydrogen) atoms. The van der Waals surface area contributed by atoms with E-state index >= 15 is 0 Å². The van der Waals surface area contributed by atoms with Gasteiger partial charge in [0.2, 0.25) is 0 Å². The van der Waals surface area contributed by atoms with Crippen molar-refractivity contribution in [1.82, 2.24) is 5.32 Å². The van der Waals surface area contributed by atoms with Crippen LogP contribution in [0, 0.1) is 0 Å². The molecule has 54 valence electrons. The summed E-state index contributed by atoms with van der Waals surface area (Å²) in [7, 11) is 0. The van der Waals surface area contributed by atoms with Crippen molar-refractivity contribution < 1.29 is 5.11 Å².